The summed E-state index contributed by atoms with van der Waals surface area (Å²) in [6, 6.07) is 5.81. The van der Waals surface area contributed by atoms with Crippen molar-refractivity contribution in [2.24, 2.45) is 5.41 Å². The third-order valence-electron chi connectivity index (χ3n) is 11.1. The van der Waals surface area contributed by atoms with E-state index in [0.29, 0.717) is 32.2 Å². The summed E-state index contributed by atoms with van der Waals surface area (Å²) >= 11 is 0. The summed E-state index contributed by atoms with van der Waals surface area (Å²) in [5, 5.41) is 22.8. The lowest BCUT2D eigenvalue weighted by Crippen LogP contribution is -2.70. The van der Waals surface area contributed by atoms with E-state index in [1.54, 1.807) is 16.0 Å². The van der Waals surface area contributed by atoms with E-state index in [2.05, 4.69) is 19.2 Å². The van der Waals surface area contributed by atoms with Crippen LogP contribution in [-0.2, 0) is 44.7 Å². The van der Waals surface area contributed by atoms with Crippen molar-refractivity contribution in [3.63, 3.8) is 0 Å². The van der Waals surface area contributed by atoms with Gasteiger partial charge in [-0.2, -0.15) is 5.06 Å². The van der Waals surface area contributed by atoms with Crippen LogP contribution < -0.4 is 5.32 Å². The molecule has 1 aliphatic carbocycles. The monoisotopic (exact) mass is 713 g/mol. The van der Waals surface area contributed by atoms with Gasteiger partial charge in [0.15, 0.2) is 11.8 Å². The van der Waals surface area contributed by atoms with Crippen molar-refractivity contribution in [3.05, 3.63) is 41.7 Å². The highest BCUT2D eigenvalue weighted by Crippen LogP contribution is 2.59. The number of amides is 2. The van der Waals surface area contributed by atoms with Crippen LogP contribution in [0, 0.1) is 5.41 Å². The van der Waals surface area contributed by atoms with Gasteiger partial charge in [0.1, 0.15) is 42.5 Å². The van der Waals surface area contributed by atoms with Crippen LogP contribution in [0.25, 0.3) is 6.08 Å². The minimum atomic E-state index is -1.39. The van der Waals surface area contributed by atoms with Crippen LogP contribution in [-0.4, -0.2) is 113 Å². The van der Waals surface area contributed by atoms with Crippen LogP contribution in [0.15, 0.2) is 30.5 Å². The lowest BCUT2D eigenvalue weighted by atomic mass is 9.62. The second-order valence-electron chi connectivity index (χ2n) is 14.5. The van der Waals surface area contributed by atoms with Gasteiger partial charge in [-0.05, 0) is 42.9 Å². The topological polar surface area (TPSA) is 156 Å². The zero-order chi connectivity index (χ0) is 36.0. The second kappa shape index (κ2) is 16.7. The molecule has 2 amide bonds. The molecule has 1 aromatic carbocycles. The fraction of sp³-hybridized carbons (Fsp3) is 0.711. The van der Waals surface area contributed by atoms with Gasteiger partial charge in [-0.25, -0.2) is 0 Å². The van der Waals surface area contributed by atoms with Gasteiger partial charge in [-0.1, -0.05) is 63.8 Å². The molecule has 4 heterocycles. The Labute approximate surface area is 300 Å². The number of likely N-dealkylation sites (tertiary alicyclic amines) is 1. The number of fused-ring (bicyclic) bond motifs is 4. The van der Waals surface area contributed by atoms with Crippen molar-refractivity contribution in [1.29, 1.82) is 0 Å². The van der Waals surface area contributed by atoms with E-state index >= 15 is 4.79 Å². The Bertz CT molecular complexity index is 1400. The first kappa shape index (κ1) is 37.7. The Morgan fingerprint density at radius 3 is 2.51 bits per heavy atom. The molecule has 6 rings (SSSR count). The molecule has 3 N–H and O–H groups in total. The number of nitrogens with one attached hydrogen (secondary N) is 1. The number of nitrogens with zero attached hydrogens (tertiary/aromatic N) is 2. The molecule has 4 aliphatic heterocycles. The maximum absolute atomic E-state index is 15.2. The van der Waals surface area contributed by atoms with Crippen molar-refractivity contribution < 1.29 is 48.4 Å². The first-order valence-electron chi connectivity index (χ1n) is 19.0. The minimum Gasteiger partial charge on any atom is -0.499 e. The summed E-state index contributed by atoms with van der Waals surface area (Å²) in [6.45, 7) is 4.77. The first-order valence-corrected chi connectivity index (χ1v) is 19.0. The van der Waals surface area contributed by atoms with Gasteiger partial charge in [0, 0.05) is 32.4 Å². The smallest absolute Gasteiger partial charge is 0.327 e. The van der Waals surface area contributed by atoms with Gasteiger partial charge in [-0.15, -0.1) is 0 Å². The predicted octanol–water partition coefficient (Wildman–Crippen LogP) is 3.21. The number of esters is 1. The number of carbonyl (C=O) groups is 3. The zero-order valence-electron chi connectivity index (χ0n) is 30.0. The number of aliphatic hydroxyl groups excluding tert-OH is 2. The molecule has 1 saturated carbocycles. The molecule has 51 heavy (non-hydrogen) atoms. The van der Waals surface area contributed by atoms with Crippen LogP contribution in [0.5, 0.6) is 0 Å². The predicted molar refractivity (Wildman–Crippen MR) is 185 cm³/mol. The number of hydrogen-bond donors (Lipinski definition) is 3. The van der Waals surface area contributed by atoms with Crippen LogP contribution in [0.2, 0.25) is 0 Å². The molecule has 13 heteroatoms. The maximum Gasteiger partial charge on any atom is 0.327 e. The molecule has 13 nitrogen and oxygen atoms in total. The molecular formula is C38H55N3O10. The normalized spacial score (nSPS) is 30.8. The Morgan fingerprint density at radius 2 is 1.78 bits per heavy atom. The van der Waals surface area contributed by atoms with Gasteiger partial charge in [0.05, 0.1) is 26.0 Å². The van der Waals surface area contributed by atoms with Crippen molar-refractivity contribution in [2.45, 2.75) is 133 Å². The standard InChI is InChI=1S/C38H55N3O10/c1-3-5-9-16-37(17-10-6-4-2)49-30-29-24-38(36(46)40-19-11-14-28(40)34(44)39-18-20-42)32(35(45)48-29)41(51-33(38)31(30)50-37)25-27-13-8-7-12-26(27)15-22-47-23-21-43/h7-8,12-13,15,22,28-33,42-43H,3-6,9-11,14,16-21,23-25H2,1-2H3,(H,39,44)/t28-,29-,30+,31+,32-,33-,38-/m1/s1. The summed E-state index contributed by atoms with van der Waals surface area (Å²) < 4.78 is 25.5. The number of unbranched alkanes of at least 4 members (excludes halogenated alkanes) is 4. The first-order chi connectivity index (χ1) is 24.8. The van der Waals surface area contributed by atoms with E-state index in [9.17, 15) is 14.7 Å². The van der Waals surface area contributed by atoms with Crippen LogP contribution in [0.1, 0.15) is 95.6 Å². The number of carbonyl (C=O) groups excluding carboxylic acids is 3. The molecular weight excluding hydrogens is 658 g/mol. The van der Waals surface area contributed by atoms with Crippen molar-refractivity contribution >= 4 is 23.9 Å². The average Bonchev–Trinajstić information content (AvgIpc) is 3.86. The number of aliphatic hydroxyl groups is 2. The van der Waals surface area contributed by atoms with E-state index in [1.807, 2.05) is 24.3 Å². The second-order valence-corrected chi connectivity index (χ2v) is 14.5. The summed E-state index contributed by atoms with van der Waals surface area (Å²) in [4.78, 5) is 51.2. The molecule has 0 unspecified atom stereocenters. The highest BCUT2D eigenvalue weighted by Gasteiger charge is 2.77. The van der Waals surface area contributed by atoms with E-state index in [-0.39, 0.29) is 51.1 Å². The van der Waals surface area contributed by atoms with E-state index < -0.39 is 53.7 Å². The van der Waals surface area contributed by atoms with E-state index in [1.165, 1.54) is 6.26 Å². The van der Waals surface area contributed by atoms with E-state index in [4.69, 9.17) is 28.9 Å². The number of rotatable bonds is 18. The summed E-state index contributed by atoms with van der Waals surface area (Å²) in [5.41, 5.74) is 0.261. The van der Waals surface area contributed by atoms with Crippen LogP contribution >= 0.6 is 0 Å². The summed E-state index contributed by atoms with van der Waals surface area (Å²) in [5.74, 6) is -2.08. The average molecular weight is 714 g/mol. The van der Waals surface area contributed by atoms with Crippen LogP contribution in [0.4, 0.5) is 0 Å². The maximum atomic E-state index is 15.2. The lowest BCUT2D eigenvalue weighted by molar-refractivity contribution is -0.225. The fourth-order valence-electron chi connectivity index (χ4n) is 8.77. The third kappa shape index (κ3) is 7.43. The molecule has 282 valence electrons. The van der Waals surface area contributed by atoms with Crippen LogP contribution in [0.3, 0.4) is 0 Å². The quantitative estimate of drug-likeness (QED) is 0.117. The number of benzene rings is 1. The fourth-order valence-corrected chi connectivity index (χ4v) is 8.77. The molecule has 4 saturated heterocycles. The Morgan fingerprint density at radius 1 is 1.04 bits per heavy atom. The van der Waals surface area contributed by atoms with Gasteiger partial charge in [0.25, 0.3) is 0 Å². The Kier molecular flexibility index (Phi) is 12.4. The highest BCUT2D eigenvalue weighted by molar-refractivity contribution is 5.96. The number of hydrogen-bond acceptors (Lipinski definition) is 11. The van der Waals surface area contributed by atoms with Gasteiger partial charge >= 0.3 is 5.97 Å². The lowest BCUT2D eigenvalue weighted by Gasteiger charge is -2.50. The molecule has 1 aromatic rings. The highest BCUT2D eigenvalue weighted by atomic mass is 16.8. The molecule has 2 bridgehead atoms. The number of hydroxylamine groups is 2. The Balaban J connectivity index is 1.38. The third-order valence-corrected chi connectivity index (χ3v) is 11.1. The van der Waals surface area contributed by atoms with Crippen molar-refractivity contribution in [2.75, 3.05) is 32.9 Å². The molecule has 5 fully saturated rings. The molecule has 0 radical (unpaired) electrons. The van der Waals surface area contributed by atoms with Gasteiger partial charge in [-0.3, -0.25) is 19.2 Å². The largest absolute Gasteiger partial charge is 0.499 e. The number of ether oxygens (including phenoxy) is 4. The molecule has 5 aliphatic rings. The Hall–Kier alpha value is -3.07. The molecule has 0 aromatic heterocycles. The van der Waals surface area contributed by atoms with Crippen molar-refractivity contribution in [3.8, 4) is 0 Å². The SMILES string of the molecule is CCCCCC1(CCCCC)O[C@@H]2[C@H](O1)[C@H]1ON(Cc3ccccc3C=COCCO)[C@@H]3C(=O)O[C@@H]2C[C@]13C(=O)N1CCC[C@@H]1C(=O)NCCO. The summed E-state index contributed by atoms with van der Waals surface area (Å²) in [7, 11) is 0. The molecule has 0 spiro atoms. The van der Waals surface area contributed by atoms with Crippen molar-refractivity contribution in [1.82, 2.24) is 15.3 Å². The van der Waals surface area contributed by atoms with E-state index in [0.717, 1.165) is 49.7 Å². The van der Waals surface area contributed by atoms with Gasteiger partial charge < -0.3 is 39.4 Å². The molecule has 7 atom stereocenters. The summed E-state index contributed by atoms with van der Waals surface area (Å²) in [6.07, 6.45) is 9.11. The zero-order valence-corrected chi connectivity index (χ0v) is 30.0. The van der Waals surface area contributed by atoms with Gasteiger partial charge in [0.2, 0.25) is 11.8 Å². The minimum absolute atomic E-state index is 0.0883.